The third-order valence-electron chi connectivity index (χ3n) is 1.09. The molecule has 0 aliphatic heterocycles. The lowest BCUT2D eigenvalue weighted by atomic mass is 10.0. The summed E-state index contributed by atoms with van der Waals surface area (Å²) in [4.78, 5) is 0. The van der Waals surface area contributed by atoms with E-state index in [1.54, 1.807) is 0 Å². The van der Waals surface area contributed by atoms with Crippen molar-refractivity contribution in [3.8, 4) is 0 Å². The number of hydrogen-bond acceptors (Lipinski definition) is 2. The van der Waals surface area contributed by atoms with Gasteiger partial charge in [0.15, 0.2) is 0 Å². The molecule has 0 saturated carbocycles. The van der Waals surface area contributed by atoms with Crippen LogP contribution in [0.2, 0.25) is 0 Å². The molecule has 2 N–H and O–H groups in total. The van der Waals surface area contributed by atoms with Gasteiger partial charge in [0, 0.05) is 18.8 Å². The maximum absolute atomic E-state index is 5.70. The number of nitrogens with two attached hydrogens (primary N) is 1. The highest BCUT2D eigenvalue weighted by Gasteiger charge is 2.08. The molecule has 0 saturated heterocycles. The zero-order valence-corrected chi connectivity index (χ0v) is 6.61. The molecule has 0 fully saturated rings. The van der Waals surface area contributed by atoms with E-state index in [2.05, 4.69) is 0 Å². The van der Waals surface area contributed by atoms with E-state index in [-0.39, 0.29) is 5.54 Å². The Morgan fingerprint density at radius 2 is 2.00 bits per heavy atom. The molecule has 56 valence electrons. The van der Waals surface area contributed by atoms with Crippen LogP contribution in [-0.2, 0) is 4.74 Å². The Balaban J connectivity index is 3.07. The van der Waals surface area contributed by atoms with Gasteiger partial charge < -0.3 is 10.5 Å². The Bertz CT molecular complexity index is 65.8. The van der Waals surface area contributed by atoms with Gasteiger partial charge in [0.1, 0.15) is 0 Å². The molecule has 0 spiro atoms. The van der Waals surface area contributed by atoms with Gasteiger partial charge in [-0.25, -0.2) is 0 Å². The first-order chi connectivity index (χ1) is 4.06. The zero-order chi connectivity index (χ0) is 7.33. The molecule has 2 heteroatoms. The van der Waals surface area contributed by atoms with E-state index in [9.17, 15) is 0 Å². The first kappa shape index (κ1) is 8.92. The van der Waals surface area contributed by atoms with Gasteiger partial charge in [0.05, 0.1) is 0 Å². The molecular weight excluding hydrogens is 114 g/mol. The van der Waals surface area contributed by atoms with E-state index in [1.807, 2.05) is 20.8 Å². The third-order valence-corrected chi connectivity index (χ3v) is 1.09. The van der Waals surface area contributed by atoms with Gasteiger partial charge in [-0.05, 0) is 27.2 Å². The molecule has 0 rings (SSSR count). The summed E-state index contributed by atoms with van der Waals surface area (Å²) < 4.78 is 5.13. The SMILES string of the molecule is CCOCCC(C)(C)N. The molecule has 0 heterocycles. The van der Waals surface area contributed by atoms with Crippen molar-refractivity contribution in [2.75, 3.05) is 13.2 Å². The molecule has 9 heavy (non-hydrogen) atoms. The highest BCUT2D eigenvalue weighted by molar-refractivity contribution is 4.70. The van der Waals surface area contributed by atoms with Crippen LogP contribution in [0, 0.1) is 0 Å². The Morgan fingerprint density at radius 1 is 1.44 bits per heavy atom. The minimum absolute atomic E-state index is 0.0742. The smallest absolute Gasteiger partial charge is 0.0483 e. The fraction of sp³-hybridized carbons (Fsp3) is 1.00. The summed E-state index contributed by atoms with van der Waals surface area (Å²) in [6, 6.07) is 0. The van der Waals surface area contributed by atoms with Crippen LogP contribution in [0.25, 0.3) is 0 Å². The first-order valence-electron chi connectivity index (χ1n) is 3.43. The highest BCUT2D eigenvalue weighted by atomic mass is 16.5. The number of ether oxygens (including phenoxy) is 1. The van der Waals surface area contributed by atoms with E-state index in [0.717, 1.165) is 19.6 Å². The number of hydrogen-bond donors (Lipinski definition) is 1. The second kappa shape index (κ2) is 3.85. The van der Waals surface area contributed by atoms with Crippen LogP contribution in [0.1, 0.15) is 27.2 Å². The van der Waals surface area contributed by atoms with Crippen LogP contribution in [0.5, 0.6) is 0 Å². The van der Waals surface area contributed by atoms with Crippen molar-refractivity contribution in [2.24, 2.45) is 5.73 Å². The van der Waals surface area contributed by atoms with Gasteiger partial charge >= 0.3 is 0 Å². The van der Waals surface area contributed by atoms with Gasteiger partial charge in [-0.1, -0.05) is 0 Å². The largest absolute Gasteiger partial charge is 0.382 e. The van der Waals surface area contributed by atoms with Gasteiger partial charge in [0.2, 0.25) is 0 Å². The summed E-state index contributed by atoms with van der Waals surface area (Å²) in [5.41, 5.74) is 5.62. The summed E-state index contributed by atoms with van der Waals surface area (Å²) in [5.74, 6) is 0. The molecule has 0 bridgehead atoms. The Kier molecular flexibility index (Phi) is 3.82. The van der Waals surface area contributed by atoms with Gasteiger partial charge in [-0.3, -0.25) is 0 Å². The predicted octanol–water partition coefficient (Wildman–Crippen LogP) is 1.15. The number of rotatable bonds is 4. The van der Waals surface area contributed by atoms with Crippen molar-refractivity contribution in [3.63, 3.8) is 0 Å². The maximum atomic E-state index is 5.70. The molecule has 0 aromatic heterocycles. The van der Waals surface area contributed by atoms with Crippen LogP contribution in [0.4, 0.5) is 0 Å². The van der Waals surface area contributed by atoms with Crippen molar-refractivity contribution in [1.82, 2.24) is 0 Å². The summed E-state index contributed by atoms with van der Waals surface area (Å²) in [7, 11) is 0. The van der Waals surface area contributed by atoms with Crippen molar-refractivity contribution >= 4 is 0 Å². The average Bonchev–Trinajstić information content (AvgIpc) is 1.63. The molecule has 0 radical (unpaired) electrons. The van der Waals surface area contributed by atoms with Gasteiger partial charge in [0.25, 0.3) is 0 Å². The second-order valence-corrected chi connectivity index (χ2v) is 2.94. The Labute approximate surface area is 57.4 Å². The lowest BCUT2D eigenvalue weighted by Crippen LogP contribution is -2.33. The summed E-state index contributed by atoms with van der Waals surface area (Å²) in [5, 5.41) is 0. The average molecular weight is 131 g/mol. The summed E-state index contributed by atoms with van der Waals surface area (Å²) in [6.45, 7) is 7.57. The van der Waals surface area contributed by atoms with Crippen LogP contribution >= 0.6 is 0 Å². The van der Waals surface area contributed by atoms with Crippen LogP contribution in [-0.4, -0.2) is 18.8 Å². The van der Waals surface area contributed by atoms with Crippen molar-refractivity contribution < 1.29 is 4.74 Å². The molecule has 0 atom stereocenters. The van der Waals surface area contributed by atoms with Gasteiger partial charge in [-0.15, -0.1) is 0 Å². The zero-order valence-electron chi connectivity index (χ0n) is 6.61. The minimum Gasteiger partial charge on any atom is -0.382 e. The molecule has 0 unspecified atom stereocenters. The second-order valence-electron chi connectivity index (χ2n) is 2.94. The highest BCUT2D eigenvalue weighted by Crippen LogP contribution is 2.02. The minimum atomic E-state index is -0.0742. The van der Waals surface area contributed by atoms with Crippen molar-refractivity contribution in [1.29, 1.82) is 0 Å². The Hall–Kier alpha value is -0.0800. The Morgan fingerprint density at radius 3 is 2.33 bits per heavy atom. The van der Waals surface area contributed by atoms with Crippen molar-refractivity contribution in [2.45, 2.75) is 32.7 Å². The molecule has 0 aromatic rings. The van der Waals surface area contributed by atoms with E-state index >= 15 is 0 Å². The molecule has 0 amide bonds. The molecule has 2 nitrogen and oxygen atoms in total. The normalized spacial score (nSPS) is 12.0. The maximum Gasteiger partial charge on any atom is 0.0483 e. The van der Waals surface area contributed by atoms with Crippen LogP contribution in [0.3, 0.4) is 0 Å². The van der Waals surface area contributed by atoms with Gasteiger partial charge in [-0.2, -0.15) is 0 Å². The third kappa shape index (κ3) is 7.92. The lowest BCUT2D eigenvalue weighted by molar-refractivity contribution is 0.131. The van der Waals surface area contributed by atoms with E-state index in [4.69, 9.17) is 10.5 Å². The standard InChI is InChI=1S/C7H17NO/c1-4-9-6-5-7(2,3)8/h4-6,8H2,1-3H3. The van der Waals surface area contributed by atoms with E-state index in [0.29, 0.717) is 0 Å². The molecule has 0 aliphatic carbocycles. The van der Waals surface area contributed by atoms with E-state index < -0.39 is 0 Å². The van der Waals surface area contributed by atoms with E-state index in [1.165, 1.54) is 0 Å². The fourth-order valence-electron chi connectivity index (χ4n) is 0.480. The first-order valence-corrected chi connectivity index (χ1v) is 3.43. The molecule has 0 aromatic carbocycles. The van der Waals surface area contributed by atoms with Crippen LogP contribution < -0.4 is 5.73 Å². The van der Waals surface area contributed by atoms with Crippen molar-refractivity contribution in [3.05, 3.63) is 0 Å². The summed E-state index contributed by atoms with van der Waals surface area (Å²) in [6.07, 6.45) is 0.931. The topological polar surface area (TPSA) is 35.2 Å². The fourth-order valence-corrected chi connectivity index (χ4v) is 0.480. The predicted molar refractivity (Wildman–Crippen MR) is 39.4 cm³/mol. The van der Waals surface area contributed by atoms with Crippen LogP contribution in [0.15, 0.2) is 0 Å². The monoisotopic (exact) mass is 131 g/mol. The molecular formula is C7H17NO. The quantitative estimate of drug-likeness (QED) is 0.581. The summed E-state index contributed by atoms with van der Waals surface area (Å²) >= 11 is 0. The lowest BCUT2D eigenvalue weighted by Gasteiger charge is -2.17. The molecule has 0 aliphatic rings.